The highest BCUT2D eigenvalue weighted by atomic mass is 16.6. The zero-order valence-electron chi connectivity index (χ0n) is 13.7. The highest BCUT2D eigenvalue weighted by molar-refractivity contribution is 5.78. The summed E-state index contributed by atoms with van der Waals surface area (Å²) in [5.74, 6) is 0.887. The van der Waals surface area contributed by atoms with Gasteiger partial charge in [0.05, 0.1) is 4.92 Å². The number of hydrogen-bond acceptors (Lipinski definition) is 7. The van der Waals surface area contributed by atoms with Crippen LogP contribution in [0.1, 0.15) is 32.6 Å². The molecule has 0 aromatic carbocycles. The molecular weight excluding hydrogens is 312 g/mol. The summed E-state index contributed by atoms with van der Waals surface area (Å²) in [5.41, 5.74) is -0.0946. The highest BCUT2D eigenvalue weighted by Gasteiger charge is 2.29. The quantitative estimate of drug-likeness (QED) is 0.595. The lowest BCUT2D eigenvalue weighted by Gasteiger charge is -2.31. The van der Waals surface area contributed by atoms with E-state index in [1.165, 1.54) is 6.20 Å². The van der Waals surface area contributed by atoms with Crippen molar-refractivity contribution in [2.45, 2.75) is 38.6 Å². The number of nitrogens with one attached hydrogen (secondary N) is 2. The average Bonchev–Trinajstić information content (AvgIpc) is 3.39. The zero-order chi connectivity index (χ0) is 17.1. The first kappa shape index (κ1) is 16.4. The first-order chi connectivity index (χ1) is 11.6. The van der Waals surface area contributed by atoms with E-state index in [1.54, 1.807) is 0 Å². The Labute approximate surface area is 140 Å². The molecule has 1 aromatic heterocycles. The number of rotatable bonds is 6. The number of hydrogen-bond donors (Lipinski definition) is 2. The van der Waals surface area contributed by atoms with Gasteiger partial charge in [-0.3, -0.25) is 14.9 Å². The molecule has 3 rings (SSSR count). The molecule has 9 nitrogen and oxygen atoms in total. The van der Waals surface area contributed by atoms with Gasteiger partial charge in [0.25, 0.3) is 0 Å². The van der Waals surface area contributed by atoms with E-state index in [4.69, 9.17) is 0 Å². The summed E-state index contributed by atoms with van der Waals surface area (Å²) in [7, 11) is 0. The third kappa shape index (κ3) is 3.72. The van der Waals surface area contributed by atoms with Crippen molar-refractivity contribution in [1.29, 1.82) is 0 Å². The van der Waals surface area contributed by atoms with Gasteiger partial charge in [0.15, 0.2) is 0 Å². The van der Waals surface area contributed by atoms with Crippen molar-refractivity contribution in [3.05, 3.63) is 16.3 Å². The summed E-state index contributed by atoms with van der Waals surface area (Å²) in [4.78, 5) is 33.1. The SMILES string of the molecule is CCNC(=O)C1CCN(c2ncc([N+](=O)[O-])c(NC3CC3)n2)CC1. The molecule has 0 atom stereocenters. The van der Waals surface area contributed by atoms with Crippen LogP contribution in [0.5, 0.6) is 0 Å². The average molecular weight is 334 g/mol. The minimum absolute atomic E-state index is 0.0170. The van der Waals surface area contributed by atoms with Crippen LogP contribution >= 0.6 is 0 Å². The van der Waals surface area contributed by atoms with Gasteiger partial charge >= 0.3 is 5.69 Å². The molecular formula is C15H22N6O3. The predicted molar refractivity (Wildman–Crippen MR) is 89.0 cm³/mol. The maximum atomic E-state index is 11.9. The van der Waals surface area contributed by atoms with Crippen LogP contribution in [0.4, 0.5) is 17.5 Å². The normalized spacial score (nSPS) is 18.3. The molecule has 1 aliphatic heterocycles. The van der Waals surface area contributed by atoms with Crippen LogP contribution in [0.15, 0.2) is 6.20 Å². The van der Waals surface area contributed by atoms with E-state index in [0.717, 1.165) is 25.7 Å². The minimum Gasteiger partial charge on any atom is -0.361 e. The molecule has 2 heterocycles. The summed E-state index contributed by atoms with van der Waals surface area (Å²) in [5, 5.41) is 17.1. The summed E-state index contributed by atoms with van der Waals surface area (Å²) in [6, 6.07) is 0.273. The van der Waals surface area contributed by atoms with Crippen molar-refractivity contribution in [3.63, 3.8) is 0 Å². The number of aromatic nitrogens is 2. The van der Waals surface area contributed by atoms with E-state index in [2.05, 4.69) is 20.6 Å². The smallest absolute Gasteiger partial charge is 0.329 e. The van der Waals surface area contributed by atoms with Crippen LogP contribution < -0.4 is 15.5 Å². The Kier molecular flexibility index (Phi) is 4.77. The van der Waals surface area contributed by atoms with Crippen molar-refractivity contribution in [2.24, 2.45) is 5.92 Å². The van der Waals surface area contributed by atoms with E-state index in [9.17, 15) is 14.9 Å². The second-order valence-corrected chi connectivity index (χ2v) is 6.24. The van der Waals surface area contributed by atoms with Crippen LogP contribution in [0.25, 0.3) is 0 Å². The maximum absolute atomic E-state index is 11.9. The van der Waals surface area contributed by atoms with E-state index < -0.39 is 4.92 Å². The molecule has 1 amide bonds. The van der Waals surface area contributed by atoms with Gasteiger partial charge in [-0.25, -0.2) is 4.98 Å². The molecule has 1 aliphatic carbocycles. The summed E-state index contributed by atoms with van der Waals surface area (Å²) in [6.45, 7) is 3.89. The Morgan fingerprint density at radius 3 is 2.67 bits per heavy atom. The van der Waals surface area contributed by atoms with E-state index in [1.807, 2.05) is 11.8 Å². The molecule has 24 heavy (non-hydrogen) atoms. The number of carbonyl (C=O) groups excluding carboxylic acids is 1. The maximum Gasteiger partial charge on any atom is 0.329 e. The molecule has 130 valence electrons. The number of carbonyl (C=O) groups is 1. The zero-order valence-corrected chi connectivity index (χ0v) is 13.7. The lowest BCUT2D eigenvalue weighted by atomic mass is 9.96. The Hall–Kier alpha value is -2.45. The van der Waals surface area contributed by atoms with Crippen LogP contribution in [0.3, 0.4) is 0 Å². The summed E-state index contributed by atoms with van der Waals surface area (Å²) >= 11 is 0. The first-order valence-electron chi connectivity index (χ1n) is 8.39. The van der Waals surface area contributed by atoms with Gasteiger partial charge in [0.2, 0.25) is 17.7 Å². The minimum atomic E-state index is -0.462. The number of piperidine rings is 1. The first-order valence-corrected chi connectivity index (χ1v) is 8.39. The second kappa shape index (κ2) is 6.98. The molecule has 0 spiro atoms. The molecule has 0 unspecified atom stereocenters. The van der Waals surface area contributed by atoms with E-state index in [-0.39, 0.29) is 23.6 Å². The molecule has 9 heteroatoms. The van der Waals surface area contributed by atoms with Crippen molar-refractivity contribution in [3.8, 4) is 0 Å². The van der Waals surface area contributed by atoms with Crippen LogP contribution in [-0.2, 0) is 4.79 Å². The molecule has 1 saturated heterocycles. The number of anilines is 2. The molecule has 0 bridgehead atoms. The Balaban J connectivity index is 1.69. The highest BCUT2D eigenvalue weighted by Crippen LogP contribution is 2.31. The molecule has 0 radical (unpaired) electrons. The largest absolute Gasteiger partial charge is 0.361 e. The lowest BCUT2D eigenvalue weighted by molar-refractivity contribution is -0.384. The van der Waals surface area contributed by atoms with Crippen molar-refractivity contribution in [1.82, 2.24) is 15.3 Å². The van der Waals surface area contributed by atoms with Crippen LogP contribution in [-0.4, -0.2) is 46.5 Å². The fraction of sp³-hybridized carbons (Fsp3) is 0.667. The molecule has 2 aliphatic rings. The molecule has 2 fully saturated rings. The van der Waals surface area contributed by atoms with Gasteiger partial charge in [-0.15, -0.1) is 0 Å². The third-order valence-corrected chi connectivity index (χ3v) is 4.37. The standard InChI is InChI=1S/C15H22N6O3/c1-2-16-14(22)10-5-7-20(8-6-10)15-17-9-12(21(23)24)13(19-15)18-11-3-4-11/h9-11H,2-8H2,1H3,(H,16,22)(H,17,18,19). The fourth-order valence-corrected chi connectivity index (χ4v) is 2.84. The van der Waals surface area contributed by atoms with Gasteiger partial charge in [-0.05, 0) is 32.6 Å². The topological polar surface area (TPSA) is 113 Å². The van der Waals surface area contributed by atoms with Crippen LogP contribution in [0, 0.1) is 16.0 Å². The number of nitro groups is 1. The van der Waals surface area contributed by atoms with E-state index in [0.29, 0.717) is 31.4 Å². The van der Waals surface area contributed by atoms with Gasteiger partial charge in [0.1, 0.15) is 6.20 Å². The Morgan fingerprint density at radius 1 is 1.38 bits per heavy atom. The Morgan fingerprint density at radius 2 is 2.08 bits per heavy atom. The van der Waals surface area contributed by atoms with Crippen LogP contribution in [0.2, 0.25) is 0 Å². The second-order valence-electron chi connectivity index (χ2n) is 6.24. The molecule has 2 N–H and O–H groups in total. The van der Waals surface area contributed by atoms with Crippen molar-refractivity contribution >= 4 is 23.4 Å². The number of amides is 1. The monoisotopic (exact) mass is 334 g/mol. The summed E-state index contributed by atoms with van der Waals surface area (Å²) in [6.07, 6.45) is 4.75. The van der Waals surface area contributed by atoms with Gasteiger partial charge in [0, 0.05) is 31.6 Å². The Bertz CT molecular complexity index is 626. The van der Waals surface area contributed by atoms with Gasteiger partial charge in [-0.1, -0.05) is 0 Å². The van der Waals surface area contributed by atoms with Gasteiger partial charge < -0.3 is 15.5 Å². The predicted octanol–water partition coefficient (Wildman–Crippen LogP) is 1.31. The van der Waals surface area contributed by atoms with Crippen molar-refractivity contribution < 1.29 is 9.72 Å². The molecule has 1 aromatic rings. The fourth-order valence-electron chi connectivity index (χ4n) is 2.84. The third-order valence-electron chi connectivity index (χ3n) is 4.37. The lowest BCUT2D eigenvalue weighted by Crippen LogP contribution is -2.41. The number of nitrogens with zero attached hydrogens (tertiary/aromatic N) is 4. The van der Waals surface area contributed by atoms with Crippen molar-refractivity contribution in [2.75, 3.05) is 29.9 Å². The summed E-state index contributed by atoms with van der Waals surface area (Å²) < 4.78 is 0. The van der Waals surface area contributed by atoms with Gasteiger partial charge in [-0.2, -0.15) is 4.98 Å². The van der Waals surface area contributed by atoms with E-state index >= 15 is 0 Å². The molecule has 1 saturated carbocycles.